The molecule has 16 heavy (non-hydrogen) atoms. The van der Waals surface area contributed by atoms with Crippen LogP contribution in [0.5, 0.6) is 0 Å². The Morgan fingerprint density at radius 1 is 1.38 bits per heavy atom. The van der Waals surface area contributed by atoms with Gasteiger partial charge in [-0.1, -0.05) is 30.3 Å². The van der Waals surface area contributed by atoms with Gasteiger partial charge in [0.2, 0.25) is 0 Å². The minimum Gasteiger partial charge on any atom is -0.454 e. The number of carbonyl (C=O) groups excluding carboxylic acids is 1. The van der Waals surface area contributed by atoms with E-state index in [1.54, 1.807) is 0 Å². The summed E-state index contributed by atoms with van der Waals surface area (Å²) in [5, 5.41) is 0. The van der Waals surface area contributed by atoms with Crippen molar-refractivity contribution in [3.8, 4) is 0 Å². The Morgan fingerprint density at radius 3 is 2.75 bits per heavy atom. The van der Waals surface area contributed by atoms with Crippen LogP contribution in [0.1, 0.15) is 16.2 Å². The third-order valence-corrected chi connectivity index (χ3v) is 2.23. The van der Waals surface area contributed by atoms with Gasteiger partial charge in [-0.25, -0.2) is 4.79 Å². The second kappa shape index (κ2) is 4.94. The molecule has 0 bridgehead atoms. The highest BCUT2D eigenvalue weighted by Gasteiger charge is 2.13. The normalized spacial score (nSPS) is 10.1. The van der Waals surface area contributed by atoms with Gasteiger partial charge in [0.25, 0.3) is 0 Å². The Labute approximate surface area is 100 Å². The lowest BCUT2D eigenvalue weighted by Gasteiger charge is -2.01. The zero-order valence-electron chi connectivity index (χ0n) is 8.22. The van der Waals surface area contributed by atoms with E-state index in [2.05, 4.69) is 20.9 Å². The third-order valence-electron chi connectivity index (χ3n) is 1.86. The molecule has 5 heteroatoms. The lowest BCUT2D eigenvalue weighted by molar-refractivity contribution is 0.0427. The summed E-state index contributed by atoms with van der Waals surface area (Å²) in [6.07, 6.45) is 1.33. The van der Waals surface area contributed by atoms with Crippen LogP contribution in [-0.4, -0.2) is 11.0 Å². The van der Waals surface area contributed by atoms with Crippen molar-refractivity contribution in [3.05, 3.63) is 52.7 Å². The number of halogens is 1. The van der Waals surface area contributed by atoms with Crippen LogP contribution in [0.25, 0.3) is 0 Å². The number of oxazole rings is 1. The van der Waals surface area contributed by atoms with Crippen LogP contribution < -0.4 is 0 Å². The summed E-state index contributed by atoms with van der Waals surface area (Å²) in [4.78, 5) is 15.2. The summed E-state index contributed by atoms with van der Waals surface area (Å²) < 4.78 is 10.4. The first-order valence-electron chi connectivity index (χ1n) is 4.58. The molecule has 0 atom stereocenters. The Kier molecular flexibility index (Phi) is 3.36. The predicted octanol–water partition coefficient (Wildman–Crippen LogP) is 2.79. The molecule has 0 aliphatic heterocycles. The highest BCUT2D eigenvalue weighted by Crippen LogP contribution is 2.10. The number of hydrogen-bond donors (Lipinski definition) is 0. The van der Waals surface area contributed by atoms with Gasteiger partial charge < -0.3 is 9.15 Å². The molecule has 0 N–H and O–H groups in total. The highest BCUT2D eigenvalue weighted by atomic mass is 79.9. The summed E-state index contributed by atoms with van der Waals surface area (Å²) in [6, 6.07) is 9.41. The van der Waals surface area contributed by atoms with E-state index in [9.17, 15) is 4.79 Å². The fourth-order valence-corrected chi connectivity index (χ4v) is 1.39. The SMILES string of the molecule is O=C(OCc1ccccc1)c1nc(Br)co1. The van der Waals surface area contributed by atoms with Gasteiger partial charge in [0.15, 0.2) is 0 Å². The molecule has 0 saturated heterocycles. The van der Waals surface area contributed by atoms with Crippen molar-refractivity contribution in [3.63, 3.8) is 0 Å². The summed E-state index contributed by atoms with van der Waals surface area (Å²) >= 11 is 3.08. The molecule has 82 valence electrons. The molecular weight excluding hydrogens is 274 g/mol. The lowest BCUT2D eigenvalue weighted by Crippen LogP contribution is -2.05. The maximum Gasteiger partial charge on any atom is 0.395 e. The summed E-state index contributed by atoms with van der Waals surface area (Å²) in [6.45, 7) is 0.208. The summed E-state index contributed by atoms with van der Waals surface area (Å²) in [5.41, 5.74) is 0.918. The predicted molar refractivity (Wildman–Crippen MR) is 59.8 cm³/mol. The third kappa shape index (κ3) is 2.70. The number of rotatable bonds is 3. The van der Waals surface area contributed by atoms with Crippen molar-refractivity contribution >= 4 is 21.9 Å². The van der Waals surface area contributed by atoms with Gasteiger partial charge in [-0.15, -0.1) is 0 Å². The minimum absolute atomic E-state index is 0.0530. The highest BCUT2D eigenvalue weighted by molar-refractivity contribution is 9.10. The Bertz CT molecular complexity index is 481. The van der Waals surface area contributed by atoms with E-state index in [-0.39, 0.29) is 12.5 Å². The van der Waals surface area contributed by atoms with Crippen LogP contribution in [0.15, 0.2) is 45.6 Å². The molecule has 4 nitrogen and oxygen atoms in total. The first-order chi connectivity index (χ1) is 7.75. The number of hydrogen-bond acceptors (Lipinski definition) is 4. The first-order valence-corrected chi connectivity index (χ1v) is 5.37. The largest absolute Gasteiger partial charge is 0.454 e. The van der Waals surface area contributed by atoms with E-state index in [4.69, 9.17) is 9.15 Å². The quantitative estimate of drug-likeness (QED) is 0.812. The number of carbonyl (C=O) groups is 1. The van der Waals surface area contributed by atoms with Crippen LogP contribution in [-0.2, 0) is 11.3 Å². The number of benzene rings is 1. The van der Waals surface area contributed by atoms with Crippen LogP contribution in [0.3, 0.4) is 0 Å². The Hall–Kier alpha value is -1.62. The number of ether oxygens (including phenoxy) is 1. The second-order valence-electron chi connectivity index (χ2n) is 3.04. The van der Waals surface area contributed by atoms with E-state index >= 15 is 0 Å². The van der Waals surface area contributed by atoms with Crippen molar-refractivity contribution in [2.24, 2.45) is 0 Å². The molecule has 0 radical (unpaired) electrons. The number of nitrogens with zero attached hydrogens (tertiary/aromatic N) is 1. The average Bonchev–Trinajstić information content (AvgIpc) is 2.74. The topological polar surface area (TPSA) is 52.3 Å². The fourth-order valence-electron chi connectivity index (χ4n) is 1.13. The molecule has 0 fully saturated rings. The van der Waals surface area contributed by atoms with E-state index < -0.39 is 5.97 Å². The van der Waals surface area contributed by atoms with Gasteiger partial charge in [0.05, 0.1) is 0 Å². The fraction of sp³-hybridized carbons (Fsp3) is 0.0909. The standard InChI is InChI=1S/C11H8BrNO3/c12-9-7-15-10(13-9)11(14)16-6-8-4-2-1-3-5-8/h1-5,7H,6H2. The molecule has 2 aromatic rings. The van der Waals surface area contributed by atoms with E-state index in [1.165, 1.54) is 6.26 Å². The van der Waals surface area contributed by atoms with Crippen LogP contribution in [0, 0.1) is 0 Å². The monoisotopic (exact) mass is 281 g/mol. The Morgan fingerprint density at radius 2 is 2.12 bits per heavy atom. The average molecular weight is 282 g/mol. The molecule has 0 spiro atoms. The zero-order valence-corrected chi connectivity index (χ0v) is 9.81. The van der Waals surface area contributed by atoms with Crippen LogP contribution in [0.2, 0.25) is 0 Å². The van der Waals surface area contributed by atoms with E-state index in [1.807, 2.05) is 30.3 Å². The maximum atomic E-state index is 11.4. The van der Waals surface area contributed by atoms with Crippen LogP contribution >= 0.6 is 15.9 Å². The van der Waals surface area contributed by atoms with Gasteiger partial charge in [0, 0.05) is 0 Å². The molecular formula is C11H8BrNO3. The van der Waals surface area contributed by atoms with Gasteiger partial charge in [0.1, 0.15) is 17.5 Å². The first kappa shape index (κ1) is 10.9. The van der Waals surface area contributed by atoms with Gasteiger partial charge in [-0.2, -0.15) is 4.98 Å². The van der Waals surface area contributed by atoms with E-state index in [0.29, 0.717) is 4.60 Å². The lowest BCUT2D eigenvalue weighted by atomic mass is 10.2. The zero-order chi connectivity index (χ0) is 11.4. The van der Waals surface area contributed by atoms with Gasteiger partial charge in [-0.05, 0) is 21.5 Å². The molecule has 0 amide bonds. The van der Waals surface area contributed by atoms with Crippen LogP contribution in [0.4, 0.5) is 0 Å². The second-order valence-corrected chi connectivity index (χ2v) is 3.85. The van der Waals surface area contributed by atoms with Crippen molar-refractivity contribution in [1.29, 1.82) is 0 Å². The van der Waals surface area contributed by atoms with Crippen molar-refractivity contribution < 1.29 is 13.9 Å². The smallest absolute Gasteiger partial charge is 0.395 e. The number of esters is 1. The van der Waals surface area contributed by atoms with E-state index in [0.717, 1.165) is 5.56 Å². The summed E-state index contributed by atoms with van der Waals surface area (Å²) in [7, 11) is 0. The van der Waals surface area contributed by atoms with Gasteiger partial charge >= 0.3 is 11.9 Å². The summed E-state index contributed by atoms with van der Waals surface area (Å²) in [5.74, 6) is -0.627. The molecule has 1 heterocycles. The Balaban J connectivity index is 1.94. The molecule has 1 aromatic heterocycles. The van der Waals surface area contributed by atoms with Gasteiger partial charge in [-0.3, -0.25) is 0 Å². The molecule has 0 saturated carbocycles. The van der Waals surface area contributed by atoms with Crippen molar-refractivity contribution in [2.45, 2.75) is 6.61 Å². The number of aromatic nitrogens is 1. The molecule has 1 aromatic carbocycles. The van der Waals surface area contributed by atoms with Crippen molar-refractivity contribution in [1.82, 2.24) is 4.98 Å². The molecule has 2 rings (SSSR count). The van der Waals surface area contributed by atoms with Crippen molar-refractivity contribution in [2.75, 3.05) is 0 Å². The minimum atomic E-state index is -0.574. The molecule has 0 aliphatic rings. The molecule has 0 aliphatic carbocycles. The molecule has 0 unspecified atom stereocenters. The maximum absolute atomic E-state index is 11.4.